The Bertz CT molecular complexity index is 500. The van der Waals surface area contributed by atoms with E-state index in [2.05, 4.69) is 28.5 Å². The van der Waals surface area contributed by atoms with E-state index in [9.17, 15) is 0 Å². The average molecular weight is 300 g/mol. The third kappa shape index (κ3) is 3.95. The molecule has 96 valence electrons. The average Bonchev–Trinajstić information content (AvgIpc) is 2.82. The number of nitrogens with one attached hydrogen (secondary N) is 1. The summed E-state index contributed by atoms with van der Waals surface area (Å²) in [5.74, 6) is 0. The molecule has 0 saturated carbocycles. The highest BCUT2D eigenvalue weighted by molar-refractivity contribution is 8.01. The number of hydrogen-bond acceptors (Lipinski definition) is 5. The van der Waals surface area contributed by atoms with E-state index in [1.54, 1.807) is 18.1 Å². The summed E-state index contributed by atoms with van der Waals surface area (Å²) < 4.78 is 4.96. The molecule has 0 atom stereocenters. The first kappa shape index (κ1) is 13.8. The summed E-state index contributed by atoms with van der Waals surface area (Å²) in [7, 11) is 0. The Balaban J connectivity index is 2.17. The van der Waals surface area contributed by atoms with Crippen LogP contribution in [0.15, 0.2) is 33.8 Å². The lowest BCUT2D eigenvalue weighted by atomic mass is 10.2. The zero-order chi connectivity index (χ0) is 13.0. The van der Waals surface area contributed by atoms with Gasteiger partial charge in [0.25, 0.3) is 0 Å². The Hall–Kier alpha value is -0.620. The highest BCUT2D eigenvalue weighted by atomic mass is 35.5. The van der Waals surface area contributed by atoms with Crippen molar-refractivity contribution in [3.8, 4) is 0 Å². The molecule has 0 fully saturated rings. The molecule has 0 aliphatic carbocycles. The van der Waals surface area contributed by atoms with Gasteiger partial charge in [0.05, 0.1) is 0 Å². The monoisotopic (exact) mass is 299 g/mol. The fraction of sp³-hybridized carbons (Fsp3) is 0.333. The van der Waals surface area contributed by atoms with E-state index in [1.165, 1.54) is 22.0 Å². The van der Waals surface area contributed by atoms with Crippen LogP contribution in [0.2, 0.25) is 5.02 Å². The Morgan fingerprint density at radius 3 is 2.94 bits per heavy atom. The van der Waals surface area contributed by atoms with E-state index in [0.717, 1.165) is 15.9 Å². The Kier molecular flexibility index (Phi) is 5.00. The summed E-state index contributed by atoms with van der Waals surface area (Å²) in [5, 5.41) is 4.17. The number of rotatable bonds is 5. The van der Waals surface area contributed by atoms with Gasteiger partial charge < -0.3 is 5.32 Å². The van der Waals surface area contributed by atoms with Crippen molar-refractivity contribution in [3.63, 3.8) is 0 Å². The van der Waals surface area contributed by atoms with Crippen LogP contribution < -0.4 is 5.32 Å². The second kappa shape index (κ2) is 6.52. The predicted molar refractivity (Wildman–Crippen MR) is 77.5 cm³/mol. The molecule has 0 aliphatic heterocycles. The number of nitrogens with zero attached hydrogens (tertiary/aromatic N) is 2. The van der Waals surface area contributed by atoms with Crippen molar-refractivity contribution >= 4 is 34.9 Å². The molecule has 1 aromatic carbocycles. The standard InChI is InChI=1S/C12H14ClN3S2/c1-8(2)14-6-9-5-10(13)3-4-11(9)17-12-15-7-16-18-12/h3-5,7-8,14H,6H2,1-2H3. The number of aromatic nitrogens is 2. The molecule has 0 aliphatic rings. The van der Waals surface area contributed by atoms with Crippen LogP contribution in [0, 0.1) is 0 Å². The first-order valence-electron chi connectivity index (χ1n) is 5.61. The van der Waals surface area contributed by atoms with Crippen LogP contribution in [0.5, 0.6) is 0 Å². The second-order valence-electron chi connectivity index (χ2n) is 4.10. The van der Waals surface area contributed by atoms with E-state index in [1.807, 2.05) is 18.2 Å². The van der Waals surface area contributed by atoms with Crippen LogP contribution in [-0.2, 0) is 6.54 Å². The maximum atomic E-state index is 6.05. The molecule has 0 bridgehead atoms. The molecule has 2 aromatic rings. The molecular weight excluding hydrogens is 286 g/mol. The van der Waals surface area contributed by atoms with E-state index in [4.69, 9.17) is 11.6 Å². The van der Waals surface area contributed by atoms with E-state index in [-0.39, 0.29) is 0 Å². The molecule has 0 amide bonds. The lowest BCUT2D eigenvalue weighted by Crippen LogP contribution is -2.22. The van der Waals surface area contributed by atoms with Gasteiger partial charge in [-0.05, 0) is 35.3 Å². The molecule has 1 aromatic heterocycles. The first-order chi connectivity index (χ1) is 8.65. The molecule has 18 heavy (non-hydrogen) atoms. The number of halogens is 1. The third-order valence-corrected chi connectivity index (χ3v) is 4.33. The van der Waals surface area contributed by atoms with E-state index in [0.29, 0.717) is 6.04 Å². The van der Waals surface area contributed by atoms with Gasteiger partial charge >= 0.3 is 0 Å². The second-order valence-corrected chi connectivity index (χ2v) is 6.60. The zero-order valence-corrected chi connectivity index (χ0v) is 12.6. The van der Waals surface area contributed by atoms with Crippen molar-refractivity contribution < 1.29 is 0 Å². The lowest BCUT2D eigenvalue weighted by molar-refractivity contribution is 0.585. The predicted octanol–water partition coefficient (Wildman–Crippen LogP) is 3.84. The fourth-order valence-electron chi connectivity index (χ4n) is 1.40. The van der Waals surface area contributed by atoms with Gasteiger partial charge in [0.1, 0.15) is 6.33 Å². The van der Waals surface area contributed by atoms with Crippen LogP contribution in [-0.4, -0.2) is 15.4 Å². The van der Waals surface area contributed by atoms with Crippen LogP contribution >= 0.6 is 34.9 Å². The van der Waals surface area contributed by atoms with Gasteiger partial charge in [-0.15, -0.1) is 0 Å². The van der Waals surface area contributed by atoms with Crippen LogP contribution in [0.1, 0.15) is 19.4 Å². The highest BCUT2D eigenvalue weighted by Gasteiger charge is 2.08. The van der Waals surface area contributed by atoms with Gasteiger partial charge in [0, 0.05) is 22.5 Å². The molecule has 0 saturated heterocycles. The Morgan fingerprint density at radius 1 is 1.44 bits per heavy atom. The summed E-state index contributed by atoms with van der Waals surface area (Å²) in [6.45, 7) is 5.06. The van der Waals surface area contributed by atoms with E-state index >= 15 is 0 Å². The van der Waals surface area contributed by atoms with Crippen molar-refractivity contribution in [2.75, 3.05) is 0 Å². The summed E-state index contributed by atoms with van der Waals surface area (Å²) in [6, 6.07) is 6.39. The first-order valence-corrected chi connectivity index (χ1v) is 7.58. The van der Waals surface area contributed by atoms with Crippen molar-refractivity contribution in [2.24, 2.45) is 0 Å². The topological polar surface area (TPSA) is 37.8 Å². The van der Waals surface area contributed by atoms with Gasteiger partial charge in [-0.3, -0.25) is 0 Å². The van der Waals surface area contributed by atoms with Gasteiger partial charge in [-0.1, -0.05) is 37.2 Å². The normalized spacial score (nSPS) is 11.1. The third-order valence-electron chi connectivity index (χ3n) is 2.26. The van der Waals surface area contributed by atoms with Crippen LogP contribution in [0.3, 0.4) is 0 Å². The molecule has 1 N–H and O–H groups in total. The fourth-order valence-corrected chi connectivity index (χ4v) is 3.11. The quantitative estimate of drug-likeness (QED) is 0.910. The SMILES string of the molecule is CC(C)NCc1cc(Cl)ccc1Sc1ncns1. The highest BCUT2D eigenvalue weighted by Crippen LogP contribution is 2.32. The Morgan fingerprint density at radius 2 is 2.28 bits per heavy atom. The minimum Gasteiger partial charge on any atom is -0.310 e. The minimum absolute atomic E-state index is 0.448. The van der Waals surface area contributed by atoms with Crippen LogP contribution in [0.4, 0.5) is 0 Å². The Labute approximate surface area is 120 Å². The van der Waals surface area contributed by atoms with Gasteiger partial charge in [0.2, 0.25) is 0 Å². The van der Waals surface area contributed by atoms with Crippen molar-refractivity contribution in [1.29, 1.82) is 0 Å². The lowest BCUT2D eigenvalue weighted by Gasteiger charge is -2.12. The number of benzene rings is 1. The summed E-state index contributed by atoms with van der Waals surface area (Å²) >= 11 is 9.08. The maximum Gasteiger partial charge on any atom is 0.174 e. The minimum atomic E-state index is 0.448. The summed E-state index contributed by atoms with van der Waals surface area (Å²) in [4.78, 5) is 5.36. The molecule has 0 unspecified atom stereocenters. The van der Waals surface area contributed by atoms with Crippen molar-refractivity contribution in [1.82, 2.24) is 14.7 Å². The molecule has 0 radical (unpaired) electrons. The van der Waals surface area contributed by atoms with Crippen molar-refractivity contribution in [2.45, 2.75) is 35.7 Å². The van der Waals surface area contributed by atoms with Crippen molar-refractivity contribution in [3.05, 3.63) is 35.1 Å². The van der Waals surface area contributed by atoms with Gasteiger partial charge in [-0.25, -0.2) is 4.98 Å². The number of hydrogen-bond donors (Lipinski definition) is 1. The smallest absolute Gasteiger partial charge is 0.174 e. The molecule has 0 spiro atoms. The van der Waals surface area contributed by atoms with Crippen LogP contribution in [0.25, 0.3) is 0 Å². The van der Waals surface area contributed by atoms with Gasteiger partial charge in [0.15, 0.2) is 4.34 Å². The van der Waals surface area contributed by atoms with Gasteiger partial charge in [-0.2, -0.15) is 4.37 Å². The van der Waals surface area contributed by atoms with E-state index < -0.39 is 0 Å². The molecule has 1 heterocycles. The summed E-state index contributed by atoms with van der Waals surface area (Å²) in [6.07, 6.45) is 1.58. The summed E-state index contributed by atoms with van der Waals surface area (Å²) in [5.41, 5.74) is 1.19. The molecule has 3 nitrogen and oxygen atoms in total. The molecular formula is C12H14ClN3S2. The largest absolute Gasteiger partial charge is 0.310 e. The maximum absolute atomic E-state index is 6.05. The zero-order valence-electron chi connectivity index (χ0n) is 10.2. The molecule has 6 heteroatoms. The molecule has 2 rings (SSSR count).